The van der Waals surface area contributed by atoms with Gasteiger partial charge in [0, 0.05) is 6.42 Å². The van der Waals surface area contributed by atoms with Crippen LogP contribution >= 0.6 is 0 Å². The van der Waals surface area contributed by atoms with Crippen LogP contribution in [0.5, 0.6) is 0 Å². The summed E-state index contributed by atoms with van der Waals surface area (Å²) >= 11 is 0. The van der Waals surface area contributed by atoms with Crippen molar-refractivity contribution in [2.75, 3.05) is 0 Å². The van der Waals surface area contributed by atoms with Gasteiger partial charge in [0.05, 0.1) is 17.7 Å². The first-order valence-electron chi connectivity index (χ1n) is 6.92. The van der Waals surface area contributed by atoms with E-state index in [2.05, 4.69) is 24.4 Å². The molecule has 2 atom stereocenters. The molecular weight excluding hydrogens is 212 g/mol. The van der Waals surface area contributed by atoms with Crippen LogP contribution in [0, 0.1) is 17.3 Å². The molecule has 0 bridgehead atoms. The van der Waals surface area contributed by atoms with Crippen molar-refractivity contribution in [2.24, 2.45) is 22.4 Å². The zero-order valence-corrected chi connectivity index (χ0v) is 10.8. The first-order valence-corrected chi connectivity index (χ1v) is 6.92. The molecule has 3 aliphatic rings. The van der Waals surface area contributed by atoms with Gasteiger partial charge < -0.3 is 5.43 Å². The third-order valence-corrected chi connectivity index (χ3v) is 4.63. The van der Waals surface area contributed by atoms with Gasteiger partial charge in [-0.3, -0.25) is 4.79 Å². The van der Waals surface area contributed by atoms with Gasteiger partial charge in [-0.25, -0.2) is 0 Å². The smallest absolute Gasteiger partial charge is 0.144 e. The van der Waals surface area contributed by atoms with Crippen molar-refractivity contribution in [1.82, 2.24) is 5.43 Å². The molecule has 1 aliphatic heterocycles. The highest BCUT2D eigenvalue weighted by molar-refractivity contribution is 6.08. The Bertz CT molecular complexity index is 366. The van der Waals surface area contributed by atoms with Crippen LogP contribution in [0.4, 0.5) is 0 Å². The van der Waals surface area contributed by atoms with Crippen molar-refractivity contribution in [1.29, 1.82) is 0 Å². The molecule has 94 valence electrons. The molecule has 0 spiro atoms. The Kier molecular flexibility index (Phi) is 2.53. The van der Waals surface area contributed by atoms with Crippen LogP contribution in [0.3, 0.4) is 0 Å². The van der Waals surface area contributed by atoms with Gasteiger partial charge in [0.25, 0.3) is 0 Å². The summed E-state index contributed by atoms with van der Waals surface area (Å²) in [5.74, 6) is 1.11. The van der Waals surface area contributed by atoms with Crippen LogP contribution < -0.4 is 5.43 Å². The number of hydrogen-bond acceptors (Lipinski definition) is 3. The minimum absolute atomic E-state index is 0.103. The number of Topliss-reactive ketones (excluding diaryl/α,β-unsaturated/α-hetero) is 1. The van der Waals surface area contributed by atoms with E-state index >= 15 is 0 Å². The maximum atomic E-state index is 12.3. The van der Waals surface area contributed by atoms with Crippen LogP contribution in [0.15, 0.2) is 5.10 Å². The maximum Gasteiger partial charge on any atom is 0.144 e. The summed E-state index contributed by atoms with van der Waals surface area (Å²) in [7, 11) is 0. The van der Waals surface area contributed by atoms with Crippen LogP contribution in [0.2, 0.25) is 0 Å². The second-order valence-electron chi connectivity index (χ2n) is 6.74. The second kappa shape index (κ2) is 3.82. The van der Waals surface area contributed by atoms with E-state index in [1.54, 1.807) is 0 Å². The molecule has 0 amide bonds. The van der Waals surface area contributed by atoms with Crippen molar-refractivity contribution < 1.29 is 4.79 Å². The fourth-order valence-corrected chi connectivity index (χ4v) is 3.88. The molecule has 2 saturated carbocycles. The van der Waals surface area contributed by atoms with E-state index in [9.17, 15) is 4.79 Å². The minimum Gasteiger partial charge on any atom is -0.306 e. The highest BCUT2D eigenvalue weighted by Gasteiger charge is 2.47. The topological polar surface area (TPSA) is 41.5 Å². The van der Waals surface area contributed by atoms with Crippen LogP contribution in [0.1, 0.15) is 52.4 Å². The number of nitrogens with zero attached hydrogens (tertiary/aromatic N) is 1. The lowest BCUT2D eigenvalue weighted by Crippen LogP contribution is -2.46. The Morgan fingerprint density at radius 3 is 2.71 bits per heavy atom. The highest BCUT2D eigenvalue weighted by atomic mass is 16.1. The Morgan fingerprint density at radius 2 is 2.00 bits per heavy atom. The van der Waals surface area contributed by atoms with E-state index in [1.807, 2.05) is 0 Å². The number of carbonyl (C=O) groups is 1. The largest absolute Gasteiger partial charge is 0.306 e. The number of nitrogens with one attached hydrogen (secondary N) is 1. The molecule has 3 nitrogen and oxygen atoms in total. The average Bonchev–Trinajstić information content (AvgIpc) is 2.81. The lowest BCUT2D eigenvalue weighted by Gasteiger charge is -2.36. The predicted molar refractivity (Wildman–Crippen MR) is 67.8 cm³/mol. The van der Waals surface area contributed by atoms with Crippen molar-refractivity contribution >= 4 is 11.5 Å². The van der Waals surface area contributed by atoms with E-state index in [0.717, 1.165) is 12.8 Å². The van der Waals surface area contributed by atoms with Gasteiger partial charge >= 0.3 is 0 Å². The number of carbonyl (C=O) groups excluding carboxylic acids is 1. The van der Waals surface area contributed by atoms with Crippen molar-refractivity contribution in [2.45, 2.75) is 58.4 Å². The van der Waals surface area contributed by atoms with Crippen LogP contribution in [0.25, 0.3) is 0 Å². The molecule has 0 aromatic carbocycles. The summed E-state index contributed by atoms with van der Waals surface area (Å²) in [5.41, 5.74) is 4.57. The number of rotatable bonds is 1. The summed E-state index contributed by atoms with van der Waals surface area (Å²) in [4.78, 5) is 12.3. The van der Waals surface area contributed by atoms with Gasteiger partial charge in [-0.15, -0.1) is 0 Å². The van der Waals surface area contributed by atoms with Gasteiger partial charge in [-0.1, -0.05) is 26.7 Å². The number of ketones is 1. The number of fused-ring (bicyclic) bond motifs is 1. The summed E-state index contributed by atoms with van der Waals surface area (Å²) in [5, 5.41) is 4.52. The highest BCUT2D eigenvalue weighted by Crippen LogP contribution is 2.41. The third-order valence-electron chi connectivity index (χ3n) is 4.63. The fraction of sp³-hybridized carbons (Fsp3) is 0.857. The molecule has 0 aromatic rings. The molecular formula is C14H22N2O. The van der Waals surface area contributed by atoms with Gasteiger partial charge in [-0.2, -0.15) is 5.10 Å². The third kappa shape index (κ3) is 1.90. The Hall–Kier alpha value is -0.860. The molecule has 0 aromatic heterocycles. The summed E-state index contributed by atoms with van der Waals surface area (Å²) in [6.07, 6.45) is 6.88. The standard InChI is InChI=1S/C14H22N2O/c1-14(2)7-10-12(11(17)8-14)13(16-15-10)9-5-3-4-6-9/h9-10,12,15H,3-8H2,1-2H3/t10-,12-/m1/s1. The minimum atomic E-state index is 0.103. The van der Waals surface area contributed by atoms with E-state index in [4.69, 9.17) is 0 Å². The monoisotopic (exact) mass is 234 g/mol. The molecule has 3 heteroatoms. The van der Waals surface area contributed by atoms with E-state index in [-0.39, 0.29) is 17.4 Å². The molecule has 0 unspecified atom stereocenters. The van der Waals surface area contributed by atoms with E-state index in [0.29, 0.717) is 11.7 Å². The summed E-state index contributed by atoms with van der Waals surface area (Å²) in [6.45, 7) is 4.38. The quantitative estimate of drug-likeness (QED) is 0.757. The Balaban J connectivity index is 1.80. The predicted octanol–water partition coefficient (Wildman–Crippen LogP) is 2.51. The van der Waals surface area contributed by atoms with Crippen molar-refractivity contribution in [3.63, 3.8) is 0 Å². The Morgan fingerprint density at radius 1 is 1.29 bits per heavy atom. The van der Waals surface area contributed by atoms with Crippen LogP contribution in [-0.4, -0.2) is 17.5 Å². The molecule has 2 fully saturated rings. The van der Waals surface area contributed by atoms with Gasteiger partial charge in [0.2, 0.25) is 0 Å². The summed E-state index contributed by atoms with van der Waals surface area (Å²) in [6, 6.07) is 0.279. The average molecular weight is 234 g/mol. The second-order valence-corrected chi connectivity index (χ2v) is 6.74. The molecule has 1 heterocycles. The zero-order valence-electron chi connectivity index (χ0n) is 10.8. The normalized spacial score (nSPS) is 36.6. The molecule has 0 radical (unpaired) electrons. The van der Waals surface area contributed by atoms with Crippen molar-refractivity contribution in [3.05, 3.63) is 0 Å². The fourth-order valence-electron chi connectivity index (χ4n) is 3.88. The lowest BCUT2D eigenvalue weighted by molar-refractivity contribution is -0.126. The van der Waals surface area contributed by atoms with E-state index < -0.39 is 0 Å². The molecule has 3 rings (SSSR count). The molecule has 1 N–H and O–H groups in total. The first-order chi connectivity index (χ1) is 8.07. The van der Waals surface area contributed by atoms with Crippen LogP contribution in [-0.2, 0) is 4.79 Å². The number of hydrogen-bond donors (Lipinski definition) is 1. The SMILES string of the molecule is CC1(C)CC(=O)[C@@H]2C(C3CCCC3)=NN[C@@H]2C1. The summed E-state index contributed by atoms with van der Waals surface area (Å²) < 4.78 is 0. The van der Waals surface area contributed by atoms with Crippen molar-refractivity contribution in [3.8, 4) is 0 Å². The zero-order chi connectivity index (χ0) is 12.0. The molecule has 17 heavy (non-hydrogen) atoms. The van der Waals surface area contributed by atoms with E-state index in [1.165, 1.54) is 31.4 Å². The number of hydrazone groups is 1. The molecule has 2 aliphatic carbocycles. The van der Waals surface area contributed by atoms with Gasteiger partial charge in [-0.05, 0) is 30.6 Å². The molecule has 0 saturated heterocycles. The Labute approximate surface area is 103 Å². The lowest BCUT2D eigenvalue weighted by atomic mass is 9.67. The first kappa shape index (κ1) is 11.2. The van der Waals surface area contributed by atoms with Gasteiger partial charge in [0.15, 0.2) is 0 Å². The maximum absolute atomic E-state index is 12.3. The van der Waals surface area contributed by atoms with Gasteiger partial charge in [0.1, 0.15) is 5.78 Å².